The van der Waals surface area contributed by atoms with Crippen molar-refractivity contribution in [3.8, 4) is 0 Å². The second-order valence-corrected chi connectivity index (χ2v) is 6.28. The maximum absolute atomic E-state index is 11.5. The number of aliphatic hydroxyl groups is 1. The second kappa shape index (κ2) is 14.7. The van der Waals surface area contributed by atoms with Crippen LogP contribution in [0.3, 0.4) is 0 Å². The van der Waals surface area contributed by atoms with E-state index in [-0.39, 0.29) is 12.5 Å². The van der Waals surface area contributed by atoms with Crippen LogP contribution in [0.2, 0.25) is 0 Å². The molecule has 0 aliphatic heterocycles. The van der Waals surface area contributed by atoms with Crippen molar-refractivity contribution in [2.24, 2.45) is 0 Å². The lowest BCUT2D eigenvalue weighted by Gasteiger charge is -2.16. The molecule has 1 amide bonds. The molecule has 0 rings (SSSR count). The Hall–Kier alpha value is -1.87. The highest BCUT2D eigenvalue weighted by Crippen LogP contribution is 1.98. The maximum atomic E-state index is 11.5. The Morgan fingerprint density at radius 3 is 2.04 bits per heavy atom. The molecule has 24 heavy (non-hydrogen) atoms. The minimum absolute atomic E-state index is 0.168. The molecule has 0 radical (unpaired) electrons. The third kappa shape index (κ3) is 18.2. The first-order valence-corrected chi connectivity index (χ1v) is 8.77. The lowest BCUT2D eigenvalue weighted by Crippen LogP contribution is -2.37. The van der Waals surface area contributed by atoms with Crippen molar-refractivity contribution < 1.29 is 9.90 Å². The third-order valence-electron chi connectivity index (χ3n) is 3.02. The molecule has 0 spiro atoms. The van der Waals surface area contributed by atoms with Gasteiger partial charge in [0.25, 0.3) is 0 Å². The number of rotatable bonds is 12. The van der Waals surface area contributed by atoms with E-state index in [1.807, 2.05) is 36.5 Å². The van der Waals surface area contributed by atoms with E-state index in [0.29, 0.717) is 0 Å². The van der Waals surface area contributed by atoms with Crippen LogP contribution in [0.4, 0.5) is 0 Å². The predicted octanol–water partition coefficient (Wildman–Crippen LogP) is 4.62. The highest BCUT2D eigenvalue weighted by Gasteiger charge is 2.12. The second-order valence-electron chi connectivity index (χ2n) is 6.28. The zero-order valence-corrected chi connectivity index (χ0v) is 15.4. The van der Waals surface area contributed by atoms with Crippen LogP contribution in [-0.4, -0.2) is 23.2 Å². The number of nitrogens with one attached hydrogen (secondary N) is 1. The third-order valence-corrected chi connectivity index (χ3v) is 3.02. The van der Waals surface area contributed by atoms with Gasteiger partial charge in [-0.2, -0.15) is 0 Å². The highest BCUT2D eigenvalue weighted by molar-refractivity contribution is 5.87. The Kier molecular flexibility index (Phi) is 13.6. The molecule has 2 N–H and O–H groups in total. The van der Waals surface area contributed by atoms with Gasteiger partial charge in [0, 0.05) is 6.54 Å². The minimum Gasteiger partial charge on any atom is -0.389 e. The maximum Gasteiger partial charge on any atom is 0.243 e. The van der Waals surface area contributed by atoms with Gasteiger partial charge in [0.1, 0.15) is 0 Å². The number of unbranched alkanes of at least 4 members (excludes halogenated alkanes) is 3. The first-order chi connectivity index (χ1) is 11.5. The molecule has 0 aliphatic rings. The number of hydrogen-bond donors (Lipinski definition) is 2. The number of amides is 1. The van der Waals surface area contributed by atoms with Crippen LogP contribution >= 0.6 is 0 Å². The zero-order valence-electron chi connectivity index (χ0n) is 15.4. The van der Waals surface area contributed by atoms with Gasteiger partial charge in [-0.3, -0.25) is 4.79 Å². The van der Waals surface area contributed by atoms with Gasteiger partial charge in [0.15, 0.2) is 0 Å². The van der Waals surface area contributed by atoms with Crippen LogP contribution in [0.25, 0.3) is 0 Å². The van der Waals surface area contributed by atoms with E-state index in [2.05, 4.69) is 30.5 Å². The molecule has 0 aliphatic carbocycles. The molecule has 0 unspecified atom stereocenters. The Morgan fingerprint density at radius 1 is 0.917 bits per heavy atom. The molecule has 0 bridgehead atoms. The summed E-state index contributed by atoms with van der Waals surface area (Å²) >= 11 is 0. The molecule has 0 fully saturated rings. The predicted molar refractivity (Wildman–Crippen MR) is 104 cm³/mol. The quantitative estimate of drug-likeness (QED) is 0.311. The molecule has 0 atom stereocenters. The van der Waals surface area contributed by atoms with Crippen LogP contribution in [-0.2, 0) is 4.79 Å². The zero-order chi connectivity index (χ0) is 18.1. The van der Waals surface area contributed by atoms with Crippen molar-refractivity contribution in [3.05, 3.63) is 60.8 Å². The highest BCUT2D eigenvalue weighted by atomic mass is 16.3. The average Bonchev–Trinajstić information content (AvgIpc) is 2.52. The molecule has 0 saturated heterocycles. The van der Waals surface area contributed by atoms with Gasteiger partial charge >= 0.3 is 0 Å². The minimum atomic E-state index is -0.877. The number of carbonyl (C=O) groups excluding carboxylic acids is 1. The smallest absolute Gasteiger partial charge is 0.243 e. The summed E-state index contributed by atoms with van der Waals surface area (Å²) in [5.74, 6) is -0.168. The van der Waals surface area contributed by atoms with Crippen molar-refractivity contribution in [3.63, 3.8) is 0 Å². The van der Waals surface area contributed by atoms with E-state index in [0.717, 1.165) is 19.3 Å². The Morgan fingerprint density at radius 2 is 1.46 bits per heavy atom. The first-order valence-electron chi connectivity index (χ1n) is 8.77. The van der Waals surface area contributed by atoms with Gasteiger partial charge < -0.3 is 10.4 Å². The first kappa shape index (κ1) is 22.1. The summed E-state index contributed by atoms with van der Waals surface area (Å²) in [7, 11) is 0. The monoisotopic (exact) mass is 331 g/mol. The van der Waals surface area contributed by atoms with Crippen LogP contribution in [0.15, 0.2) is 60.8 Å². The normalized spacial score (nSPS) is 13.3. The molecule has 0 saturated carbocycles. The number of allylic oxidation sites excluding steroid dienone is 9. The number of hydrogen-bond acceptors (Lipinski definition) is 2. The van der Waals surface area contributed by atoms with Gasteiger partial charge in [-0.15, -0.1) is 0 Å². The number of carbonyl (C=O) groups is 1. The standard InChI is InChI=1S/C21H33NO2/c1-4-5-6-7-8-9-10-11-12-13-14-15-16-17-18-20(23)22-19-21(2,3)24/h7-14,17-18,24H,4-6,15-16,19H2,1-3H3,(H,22,23). The van der Waals surface area contributed by atoms with Gasteiger partial charge in [0.05, 0.1) is 5.60 Å². The molecular formula is C21H33NO2. The topological polar surface area (TPSA) is 49.3 Å². The fourth-order valence-electron chi connectivity index (χ4n) is 1.67. The average molecular weight is 332 g/mol. The summed E-state index contributed by atoms with van der Waals surface area (Å²) < 4.78 is 0. The van der Waals surface area contributed by atoms with Crippen molar-refractivity contribution >= 4 is 5.91 Å². The van der Waals surface area contributed by atoms with Crippen molar-refractivity contribution in [2.45, 2.75) is 58.5 Å². The summed E-state index contributed by atoms with van der Waals surface area (Å²) in [5, 5.41) is 12.1. The van der Waals surface area contributed by atoms with Crippen LogP contribution in [0, 0.1) is 0 Å². The van der Waals surface area contributed by atoms with E-state index >= 15 is 0 Å². The van der Waals surface area contributed by atoms with E-state index in [9.17, 15) is 9.90 Å². The molecule has 0 heterocycles. The van der Waals surface area contributed by atoms with Gasteiger partial charge in [-0.1, -0.05) is 74.4 Å². The van der Waals surface area contributed by atoms with Gasteiger partial charge in [0.2, 0.25) is 5.91 Å². The van der Waals surface area contributed by atoms with Gasteiger partial charge in [-0.05, 0) is 39.2 Å². The van der Waals surface area contributed by atoms with Crippen molar-refractivity contribution in [1.82, 2.24) is 5.32 Å². The molecule has 0 aromatic rings. The Bertz CT molecular complexity index is 463. The van der Waals surface area contributed by atoms with Gasteiger partial charge in [-0.25, -0.2) is 0 Å². The summed E-state index contributed by atoms with van der Waals surface area (Å²) in [6, 6.07) is 0. The molecular weight excluding hydrogens is 298 g/mol. The summed E-state index contributed by atoms with van der Waals surface area (Å²) in [6.07, 6.45) is 25.1. The van der Waals surface area contributed by atoms with Crippen LogP contribution in [0.5, 0.6) is 0 Å². The molecule has 3 nitrogen and oxygen atoms in total. The SMILES string of the molecule is CCCCC=CC=CC=CC=CCCC=CC(=O)NCC(C)(C)O. The lowest BCUT2D eigenvalue weighted by atomic mass is 10.1. The van der Waals surface area contributed by atoms with Crippen molar-refractivity contribution in [1.29, 1.82) is 0 Å². The molecule has 3 heteroatoms. The largest absolute Gasteiger partial charge is 0.389 e. The van der Waals surface area contributed by atoms with E-state index in [4.69, 9.17) is 0 Å². The van der Waals surface area contributed by atoms with E-state index in [1.165, 1.54) is 18.9 Å². The Balaban J connectivity index is 3.73. The molecule has 0 aromatic heterocycles. The van der Waals surface area contributed by atoms with Crippen LogP contribution < -0.4 is 5.32 Å². The van der Waals surface area contributed by atoms with E-state index in [1.54, 1.807) is 13.8 Å². The Labute approximate surface area is 147 Å². The lowest BCUT2D eigenvalue weighted by molar-refractivity contribution is -0.117. The van der Waals surface area contributed by atoms with Crippen molar-refractivity contribution in [2.75, 3.05) is 6.54 Å². The fraction of sp³-hybridized carbons (Fsp3) is 0.476. The molecule has 0 aromatic carbocycles. The van der Waals surface area contributed by atoms with Crippen LogP contribution in [0.1, 0.15) is 52.9 Å². The van der Waals surface area contributed by atoms with E-state index < -0.39 is 5.60 Å². The summed E-state index contributed by atoms with van der Waals surface area (Å²) in [4.78, 5) is 11.5. The summed E-state index contributed by atoms with van der Waals surface area (Å²) in [5.41, 5.74) is -0.877. The molecule has 134 valence electrons. The fourth-order valence-corrected chi connectivity index (χ4v) is 1.67. The summed E-state index contributed by atoms with van der Waals surface area (Å²) in [6.45, 7) is 5.77.